The zero-order valence-corrected chi connectivity index (χ0v) is 11.5. The molecule has 6 nitrogen and oxygen atoms in total. The predicted molar refractivity (Wildman–Crippen MR) is 75.7 cm³/mol. The topological polar surface area (TPSA) is 110 Å². The molecular weight excluding hydrogens is 263 g/mol. The van der Waals surface area contributed by atoms with Gasteiger partial charge in [0.2, 0.25) is 5.91 Å². The van der Waals surface area contributed by atoms with Crippen LogP contribution in [-0.4, -0.2) is 24.4 Å². The molecule has 20 heavy (non-hydrogen) atoms. The van der Waals surface area contributed by atoms with Crippen molar-refractivity contribution in [1.29, 1.82) is 0 Å². The number of halogens is 1. The number of nitrogen functional groups attached to an aromatic ring is 1. The highest BCUT2D eigenvalue weighted by Gasteiger charge is 2.16. The predicted octanol–water partition coefficient (Wildman–Crippen LogP) is 0.833. The molecule has 1 rings (SSSR count). The number of benzene rings is 1. The molecule has 1 aromatic carbocycles. The van der Waals surface area contributed by atoms with Gasteiger partial charge < -0.3 is 22.1 Å². The van der Waals surface area contributed by atoms with Crippen molar-refractivity contribution < 1.29 is 14.0 Å². The molecule has 1 atom stereocenters. The van der Waals surface area contributed by atoms with Gasteiger partial charge in [-0.15, -0.1) is 0 Å². The van der Waals surface area contributed by atoms with Crippen molar-refractivity contribution >= 4 is 23.2 Å². The summed E-state index contributed by atoms with van der Waals surface area (Å²) in [5, 5.41) is 5.37. The molecule has 110 valence electrons. The highest BCUT2D eigenvalue weighted by molar-refractivity contribution is 5.99. The van der Waals surface area contributed by atoms with Crippen molar-refractivity contribution in [3.05, 3.63) is 23.5 Å². The van der Waals surface area contributed by atoms with E-state index in [-0.39, 0.29) is 22.8 Å². The van der Waals surface area contributed by atoms with Gasteiger partial charge in [0.1, 0.15) is 11.9 Å². The molecule has 0 aromatic heterocycles. The maximum Gasteiger partial charge on any atom is 0.250 e. The molecule has 0 radical (unpaired) electrons. The highest BCUT2D eigenvalue weighted by atomic mass is 19.1. The molecule has 0 aliphatic rings. The second-order valence-electron chi connectivity index (χ2n) is 4.44. The quantitative estimate of drug-likeness (QED) is 0.579. The van der Waals surface area contributed by atoms with Crippen LogP contribution in [0.2, 0.25) is 0 Å². The van der Waals surface area contributed by atoms with Crippen molar-refractivity contribution in [2.75, 3.05) is 17.6 Å². The SMILES string of the molecule is CCCNC(=O)C(C)Nc1cc(C(N)=O)c(N)cc1F. The first-order chi connectivity index (χ1) is 9.36. The second kappa shape index (κ2) is 6.74. The Labute approximate surface area is 116 Å². The molecule has 0 aliphatic carbocycles. The zero-order valence-electron chi connectivity index (χ0n) is 11.5. The number of anilines is 2. The summed E-state index contributed by atoms with van der Waals surface area (Å²) in [4.78, 5) is 22.8. The number of rotatable bonds is 6. The summed E-state index contributed by atoms with van der Waals surface area (Å²) in [6, 6.07) is 1.55. The molecule has 7 heteroatoms. The van der Waals surface area contributed by atoms with Crippen LogP contribution in [0.5, 0.6) is 0 Å². The van der Waals surface area contributed by atoms with E-state index in [1.807, 2.05) is 6.92 Å². The Bertz CT molecular complexity index is 519. The number of amides is 2. The number of carbonyl (C=O) groups excluding carboxylic acids is 2. The lowest BCUT2D eigenvalue weighted by atomic mass is 10.1. The third-order valence-electron chi connectivity index (χ3n) is 2.72. The van der Waals surface area contributed by atoms with Crippen LogP contribution in [0.3, 0.4) is 0 Å². The van der Waals surface area contributed by atoms with Crippen LogP contribution in [-0.2, 0) is 4.79 Å². The van der Waals surface area contributed by atoms with Crippen LogP contribution in [0.4, 0.5) is 15.8 Å². The average Bonchev–Trinajstić information content (AvgIpc) is 2.38. The first kappa shape index (κ1) is 15.7. The Morgan fingerprint density at radius 1 is 1.40 bits per heavy atom. The zero-order chi connectivity index (χ0) is 15.3. The molecule has 0 spiro atoms. The molecule has 1 aromatic rings. The minimum atomic E-state index is -0.756. The fourth-order valence-corrected chi connectivity index (χ4v) is 1.61. The van der Waals surface area contributed by atoms with Gasteiger partial charge in [0.15, 0.2) is 0 Å². The Balaban J connectivity index is 2.89. The number of primary amides is 1. The third-order valence-corrected chi connectivity index (χ3v) is 2.72. The maximum atomic E-state index is 13.7. The summed E-state index contributed by atoms with van der Waals surface area (Å²) < 4.78 is 13.7. The molecular formula is C13H19FN4O2. The smallest absolute Gasteiger partial charge is 0.250 e. The van der Waals surface area contributed by atoms with Gasteiger partial charge in [0.05, 0.1) is 11.3 Å². The summed E-state index contributed by atoms with van der Waals surface area (Å²) >= 11 is 0. The van der Waals surface area contributed by atoms with E-state index in [2.05, 4.69) is 10.6 Å². The lowest BCUT2D eigenvalue weighted by Gasteiger charge is -2.16. The van der Waals surface area contributed by atoms with Crippen LogP contribution < -0.4 is 22.1 Å². The summed E-state index contributed by atoms with van der Waals surface area (Å²) in [7, 11) is 0. The van der Waals surface area contributed by atoms with Crippen molar-refractivity contribution in [3.8, 4) is 0 Å². The summed E-state index contributed by atoms with van der Waals surface area (Å²) in [6.07, 6.45) is 0.806. The first-order valence-electron chi connectivity index (χ1n) is 6.29. The summed E-state index contributed by atoms with van der Waals surface area (Å²) in [5.41, 5.74) is 10.6. The van der Waals surface area contributed by atoms with E-state index in [0.717, 1.165) is 12.5 Å². The van der Waals surface area contributed by atoms with E-state index >= 15 is 0 Å². The van der Waals surface area contributed by atoms with E-state index in [1.54, 1.807) is 6.92 Å². The van der Waals surface area contributed by atoms with Crippen molar-refractivity contribution in [2.24, 2.45) is 5.73 Å². The lowest BCUT2D eigenvalue weighted by Crippen LogP contribution is -2.38. The Hall–Kier alpha value is -2.31. The lowest BCUT2D eigenvalue weighted by molar-refractivity contribution is -0.121. The van der Waals surface area contributed by atoms with Crippen LogP contribution in [0.25, 0.3) is 0 Å². The largest absolute Gasteiger partial charge is 0.398 e. The summed E-state index contributed by atoms with van der Waals surface area (Å²) in [6.45, 7) is 4.06. The van der Waals surface area contributed by atoms with Gasteiger partial charge in [0.25, 0.3) is 5.91 Å². The van der Waals surface area contributed by atoms with Crippen molar-refractivity contribution in [2.45, 2.75) is 26.3 Å². The van der Waals surface area contributed by atoms with Gasteiger partial charge >= 0.3 is 0 Å². The molecule has 0 fully saturated rings. The van der Waals surface area contributed by atoms with E-state index in [9.17, 15) is 14.0 Å². The van der Waals surface area contributed by atoms with Gasteiger partial charge in [-0.3, -0.25) is 9.59 Å². The molecule has 0 aliphatic heterocycles. The van der Waals surface area contributed by atoms with Gasteiger partial charge in [-0.05, 0) is 25.5 Å². The monoisotopic (exact) mass is 282 g/mol. The normalized spacial score (nSPS) is 11.8. The van der Waals surface area contributed by atoms with E-state index in [1.165, 1.54) is 6.07 Å². The molecule has 6 N–H and O–H groups in total. The Kier molecular flexibility index (Phi) is 5.31. The van der Waals surface area contributed by atoms with Crippen molar-refractivity contribution in [1.82, 2.24) is 5.32 Å². The van der Waals surface area contributed by atoms with Gasteiger partial charge in [0, 0.05) is 12.2 Å². The number of nitrogens with one attached hydrogen (secondary N) is 2. The standard InChI is InChI=1S/C13H19FN4O2/c1-3-4-17-13(20)7(2)18-11-5-8(12(16)19)10(15)6-9(11)14/h5-7,18H,3-4,15H2,1-2H3,(H2,16,19)(H,17,20). The fraction of sp³-hybridized carbons (Fsp3) is 0.385. The number of hydrogen-bond donors (Lipinski definition) is 4. The Morgan fingerprint density at radius 2 is 2.05 bits per heavy atom. The van der Waals surface area contributed by atoms with Crippen molar-refractivity contribution in [3.63, 3.8) is 0 Å². The molecule has 0 bridgehead atoms. The number of hydrogen-bond acceptors (Lipinski definition) is 4. The van der Waals surface area contributed by atoms with Crippen LogP contribution in [0, 0.1) is 5.82 Å². The van der Waals surface area contributed by atoms with Gasteiger partial charge in [-0.25, -0.2) is 4.39 Å². The highest BCUT2D eigenvalue weighted by Crippen LogP contribution is 2.22. The maximum absolute atomic E-state index is 13.7. The van der Waals surface area contributed by atoms with Crippen LogP contribution in [0.15, 0.2) is 12.1 Å². The third kappa shape index (κ3) is 3.84. The van der Waals surface area contributed by atoms with E-state index in [4.69, 9.17) is 11.5 Å². The van der Waals surface area contributed by atoms with Gasteiger partial charge in [-0.1, -0.05) is 6.92 Å². The van der Waals surface area contributed by atoms with Gasteiger partial charge in [-0.2, -0.15) is 0 Å². The number of carbonyl (C=O) groups is 2. The van der Waals surface area contributed by atoms with E-state index < -0.39 is 17.8 Å². The fourth-order valence-electron chi connectivity index (χ4n) is 1.61. The van der Waals surface area contributed by atoms with Crippen LogP contribution in [0.1, 0.15) is 30.6 Å². The average molecular weight is 282 g/mol. The minimum Gasteiger partial charge on any atom is -0.398 e. The van der Waals surface area contributed by atoms with Crippen LogP contribution >= 0.6 is 0 Å². The first-order valence-corrected chi connectivity index (χ1v) is 6.29. The molecule has 1 unspecified atom stereocenters. The molecule has 0 saturated carbocycles. The number of nitrogens with two attached hydrogens (primary N) is 2. The van der Waals surface area contributed by atoms with E-state index in [0.29, 0.717) is 6.54 Å². The Morgan fingerprint density at radius 3 is 2.60 bits per heavy atom. The molecule has 0 heterocycles. The second-order valence-corrected chi connectivity index (χ2v) is 4.44. The minimum absolute atomic E-state index is 0.00662. The molecule has 0 saturated heterocycles. The molecule has 2 amide bonds. The summed E-state index contributed by atoms with van der Waals surface area (Å²) in [5.74, 6) is -1.67.